The minimum absolute atomic E-state index is 0.461. The van der Waals surface area contributed by atoms with Gasteiger partial charge in [0.2, 0.25) is 0 Å². The first-order chi connectivity index (χ1) is 15.1. The number of carbonyl (C=O) groups excluding carboxylic acids is 2. The predicted octanol–water partition coefficient (Wildman–Crippen LogP) is 5.99. The summed E-state index contributed by atoms with van der Waals surface area (Å²) < 4.78 is 15.0. The summed E-state index contributed by atoms with van der Waals surface area (Å²) in [6, 6.07) is 22.0. The molecule has 0 aliphatic rings. The Bertz CT molecular complexity index is 927. The molecule has 3 aromatic rings. The van der Waals surface area contributed by atoms with Crippen LogP contribution in [0.4, 0.5) is 0 Å². The molecule has 0 radical (unpaired) electrons. The second-order valence-electron chi connectivity index (χ2n) is 5.77. The van der Waals surface area contributed by atoms with Crippen LogP contribution in [0.2, 0.25) is 0 Å². The number of aldehydes is 1. The first-order valence-corrected chi connectivity index (χ1v) is 9.77. The molecular formula is C26H28O5. The van der Waals surface area contributed by atoms with Crippen molar-refractivity contribution in [2.45, 2.75) is 13.8 Å². The molecule has 0 aliphatic heterocycles. The van der Waals surface area contributed by atoms with Crippen molar-refractivity contribution in [1.29, 1.82) is 0 Å². The van der Waals surface area contributed by atoms with Crippen LogP contribution in [-0.2, 0) is 4.79 Å². The van der Waals surface area contributed by atoms with Crippen molar-refractivity contribution in [2.75, 3.05) is 14.2 Å². The molecule has 0 aliphatic carbocycles. The second kappa shape index (κ2) is 14.2. The number of methoxy groups -OCH3 is 2. The van der Waals surface area contributed by atoms with Gasteiger partial charge in [0.25, 0.3) is 0 Å². The van der Waals surface area contributed by atoms with E-state index < -0.39 is 5.97 Å². The van der Waals surface area contributed by atoms with Crippen molar-refractivity contribution in [3.63, 3.8) is 0 Å². The van der Waals surface area contributed by atoms with E-state index in [1.54, 1.807) is 50.6 Å². The van der Waals surface area contributed by atoms with Crippen LogP contribution in [-0.4, -0.2) is 26.5 Å². The van der Waals surface area contributed by atoms with Gasteiger partial charge in [-0.1, -0.05) is 44.7 Å². The Morgan fingerprint density at radius 3 is 1.45 bits per heavy atom. The molecule has 0 bridgehead atoms. The van der Waals surface area contributed by atoms with E-state index in [1.165, 1.54) is 0 Å². The Hall–Kier alpha value is -3.86. The first kappa shape index (κ1) is 25.2. The van der Waals surface area contributed by atoms with Crippen LogP contribution in [0.25, 0.3) is 11.1 Å². The fourth-order valence-electron chi connectivity index (χ4n) is 2.34. The van der Waals surface area contributed by atoms with E-state index in [2.05, 4.69) is 6.58 Å². The van der Waals surface area contributed by atoms with E-state index in [-0.39, 0.29) is 0 Å². The average Bonchev–Trinajstić information content (AvgIpc) is 2.86. The van der Waals surface area contributed by atoms with Crippen molar-refractivity contribution < 1.29 is 23.8 Å². The van der Waals surface area contributed by atoms with E-state index in [4.69, 9.17) is 14.2 Å². The average molecular weight is 421 g/mol. The highest BCUT2D eigenvalue weighted by Gasteiger charge is 2.02. The largest absolute Gasteiger partial charge is 0.497 e. The minimum atomic E-state index is -0.461. The molecule has 3 aromatic carbocycles. The van der Waals surface area contributed by atoms with Gasteiger partial charge in [0.1, 0.15) is 23.5 Å². The van der Waals surface area contributed by atoms with E-state index >= 15 is 0 Å². The van der Waals surface area contributed by atoms with Gasteiger partial charge in [0.05, 0.1) is 14.2 Å². The summed E-state index contributed by atoms with van der Waals surface area (Å²) in [6.07, 6.45) is 1.94. The Kier molecular flexibility index (Phi) is 11.5. The van der Waals surface area contributed by atoms with Crippen molar-refractivity contribution in [3.05, 3.63) is 91.0 Å². The van der Waals surface area contributed by atoms with Gasteiger partial charge in [-0.05, 0) is 59.7 Å². The van der Waals surface area contributed by atoms with Crippen LogP contribution in [0.15, 0.2) is 85.5 Å². The van der Waals surface area contributed by atoms with E-state index in [0.29, 0.717) is 11.3 Å². The zero-order chi connectivity index (χ0) is 23.1. The molecule has 5 heteroatoms. The van der Waals surface area contributed by atoms with Crippen LogP contribution >= 0.6 is 0 Å². The molecule has 0 atom stereocenters. The van der Waals surface area contributed by atoms with Gasteiger partial charge in [-0.15, -0.1) is 0 Å². The standard InChI is InChI=1S/C16H14O3.C8H8O2.C2H6/c1-3-16(17)19-15-10-6-13(7-11-15)12-4-8-14(18-2)9-5-12;1-10-8-4-2-7(6-9)3-5-8;1-2/h3-11H,1H2,2H3;2-6H,1H3;1-2H3. The van der Waals surface area contributed by atoms with Crippen LogP contribution in [0.5, 0.6) is 17.2 Å². The molecule has 0 amide bonds. The fourth-order valence-corrected chi connectivity index (χ4v) is 2.34. The quantitative estimate of drug-likeness (QED) is 0.212. The molecule has 0 unspecified atom stereocenters. The lowest BCUT2D eigenvalue weighted by Gasteiger charge is -2.05. The molecule has 3 rings (SSSR count). The zero-order valence-corrected chi connectivity index (χ0v) is 18.3. The zero-order valence-electron chi connectivity index (χ0n) is 18.3. The van der Waals surface area contributed by atoms with Crippen LogP contribution in [0, 0.1) is 0 Å². The summed E-state index contributed by atoms with van der Waals surface area (Å²) in [6.45, 7) is 7.35. The number of benzene rings is 3. The smallest absolute Gasteiger partial charge is 0.335 e. The third-order valence-corrected chi connectivity index (χ3v) is 3.91. The van der Waals surface area contributed by atoms with Gasteiger partial charge < -0.3 is 14.2 Å². The second-order valence-corrected chi connectivity index (χ2v) is 5.77. The SMILES string of the molecule is C=CC(=O)Oc1ccc(-c2ccc(OC)cc2)cc1.CC.COc1ccc(C=O)cc1. The molecule has 5 nitrogen and oxygen atoms in total. The summed E-state index contributed by atoms with van der Waals surface area (Å²) in [5.74, 6) is 1.63. The highest BCUT2D eigenvalue weighted by Crippen LogP contribution is 2.24. The summed E-state index contributed by atoms with van der Waals surface area (Å²) in [5.41, 5.74) is 2.78. The lowest BCUT2D eigenvalue weighted by atomic mass is 10.1. The maximum atomic E-state index is 11.1. The fraction of sp³-hybridized carbons (Fsp3) is 0.154. The molecule has 0 aromatic heterocycles. The number of esters is 1. The maximum absolute atomic E-state index is 11.1. The van der Waals surface area contributed by atoms with Crippen LogP contribution in [0.1, 0.15) is 24.2 Å². The Labute approximate surface area is 183 Å². The van der Waals surface area contributed by atoms with Gasteiger partial charge in [0.15, 0.2) is 0 Å². The van der Waals surface area contributed by atoms with E-state index in [0.717, 1.165) is 35.0 Å². The number of hydrogen-bond donors (Lipinski definition) is 0. The predicted molar refractivity (Wildman–Crippen MR) is 124 cm³/mol. The Morgan fingerprint density at radius 1 is 0.710 bits per heavy atom. The monoisotopic (exact) mass is 420 g/mol. The normalized spacial score (nSPS) is 9.03. The molecule has 0 saturated heterocycles. The molecule has 0 saturated carbocycles. The van der Waals surface area contributed by atoms with Crippen molar-refractivity contribution in [1.82, 2.24) is 0 Å². The van der Waals surface area contributed by atoms with E-state index in [1.807, 2.05) is 50.2 Å². The summed E-state index contributed by atoms with van der Waals surface area (Å²) in [4.78, 5) is 21.2. The molecule has 31 heavy (non-hydrogen) atoms. The number of ether oxygens (including phenoxy) is 3. The van der Waals surface area contributed by atoms with Gasteiger partial charge in [-0.25, -0.2) is 4.79 Å². The van der Waals surface area contributed by atoms with E-state index in [9.17, 15) is 9.59 Å². The first-order valence-electron chi connectivity index (χ1n) is 9.77. The highest BCUT2D eigenvalue weighted by atomic mass is 16.5. The molecule has 0 fully saturated rings. The molecule has 162 valence electrons. The van der Waals surface area contributed by atoms with Crippen molar-refractivity contribution in [3.8, 4) is 28.4 Å². The Morgan fingerprint density at radius 2 is 1.10 bits per heavy atom. The topological polar surface area (TPSA) is 61.8 Å². The van der Waals surface area contributed by atoms with Gasteiger partial charge in [0, 0.05) is 11.6 Å². The number of hydrogen-bond acceptors (Lipinski definition) is 5. The van der Waals surface area contributed by atoms with Crippen LogP contribution < -0.4 is 14.2 Å². The summed E-state index contributed by atoms with van der Waals surface area (Å²) >= 11 is 0. The van der Waals surface area contributed by atoms with Gasteiger partial charge >= 0.3 is 5.97 Å². The van der Waals surface area contributed by atoms with Crippen LogP contribution in [0.3, 0.4) is 0 Å². The maximum Gasteiger partial charge on any atom is 0.335 e. The van der Waals surface area contributed by atoms with Gasteiger partial charge in [-0.3, -0.25) is 4.79 Å². The lowest BCUT2D eigenvalue weighted by Crippen LogP contribution is -2.02. The third-order valence-electron chi connectivity index (χ3n) is 3.91. The number of rotatable bonds is 6. The lowest BCUT2D eigenvalue weighted by molar-refractivity contribution is -0.128. The summed E-state index contributed by atoms with van der Waals surface area (Å²) in [5, 5.41) is 0. The van der Waals surface area contributed by atoms with Crippen molar-refractivity contribution >= 4 is 12.3 Å². The number of carbonyl (C=O) groups is 2. The molecule has 0 spiro atoms. The third kappa shape index (κ3) is 8.58. The highest BCUT2D eigenvalue weighted by molar-refractivity contribution is 5.83. The van der Waals surface area contributed by atoms with Crippen molar-refractivity contribution in [2.24, 2.45) is 0 Å². The molecule has 0 N–H and O–H groups in total. The molecular weight excluding hydrogens is 392 g/mol. The Balaban J connectivity index is 0.000000337. The van der Waals surface area contributed by atoms with Gasteiger partial charge in [-0.2, -0.15) is 0 Å². The molecule has 0 heterocycles. The minimum Gasteiger partial charge on any atom is -0.497 e. The summed E-state index contributed by atoms with van der Waals surface area (Å²) in [7, 11) is 3.23.